The smallest absolute Gasteiger partial charge is 0.0689 e. The van der Waals surface area contributed by atoms with Crippen molar-refractivity contribution in [1.82, 2.24) is 0 Å². The van der Waals surface area contributed by atoms with Crippen molar-refractivity contribution in [3.63, 3.8) is 0 Å². The zero-order chi connectivity index (χ0) is 7.61. The molecule has 1 nitrogen and oxygen atoms in total. The van der Waals surface area contributed by atoms with Gasteiger partial charge >= 0.3 is 0 Å². The van der Waals surface area contributed by atoms with Crippen LogP contribution < -0.4 is 0 Å². The van der Waals surface area contributed by atoms with Crippen LogP contribution in [0.25, 0.3) is 0 Å². The Morgan fingerprint density at radius 3 is 1.64 bits per heavy atom. The second kappa shape index (κ2) is 4.42. The molecule has 0 aromatic carbocycles. The van der Waals surface area contributed by atoms with Crippen LogP contribution in [0, 0.1) is 0 Å². The molecule has 0 aromatic heterocycles. The van der Waals surface area contributed by atoms with Crippen molar-refractivity contribution in [1.29, 1.82) is 0 Å². The van der Waals surface area contributed by atoms with E-state index in [9.17, 15) is 0 Å². The summed E-state index contributed by atoms with van der Waals surface area (Å²) < 4.78 is 0. The van der Waals surface area contributed by atoms with Crippen molar-refractivity contribution in [3.05, 3.63) is 0 Å². The molecule has 0 unspecified atom stereocenters. The van der Waals surface area contributed by atoms with E-state index in [0.29, 0.717) is 0 Å². The molecule has 0 saturated heterocycles. The van der Waals surface area contributed by atoms with E-state index in [1.165, 1.54) is 32.1 Å². The van der Waals surface area contributed by atoms with Crippen LogP contribution >= 0.6 is 7.26 Å². The minimum Gasteiger partial charge on any atom is -0.870 e. The number of rotatable bonds is 1. The Labute approximate surface area is 71.2 Å². The highest BCUT2D eigenvalue weighted by molar-refractivity contribution is 7.74. The highest BCUT2D eigenvalue weighted by atomic mass is 31.2. The summed E-state index contributed by atoms with van der Waals surface area (Å²) in [4.78, 5) is 0. The molecule has 11 heavy (non-hydrogen) atoms. The van der Waals surface area contributed by atoms with Gasteiger partial charge in [-0.05, 0) is 25.7 Å². The molecule has 0 radical (unpaired) electrons. The first-order chi connectivity index (χ1) is 4.61. The summed E-state index contributed by atoms with van der Waals surface area (Å²) in [6.45, 7) is 7.47. The van der Waals surface area contributed by atoms with Crippen molar-refractivity contribution in [2.75, 3.05) is 20.0 Å². The monoisotopic (exact) mass is 176 g/mol. The van der Waals surface area contributed by atoms with Gasteiger partial charge in [0, 0.05) is 27.3 Å². The summed E-state index contributed by atoms with van der Waals surface area (Å²) in [5, 5.41) is 0. The molecule has 0 spiro atoms. The lowest BCUT2D eigenvalue weighted by molar-refractivity contribution is 0.509. The zero-order valence-corrected chi connectivity index (χ0v) is 8.90. The molecule has 1 aliphatic rings. The average molecular weight is 176 g/mol. The average Bonchev–Trinajstić information content (AvgIpc) is 1.88. The van der Waals surface area contributed by atoms with E-state index in [1.54, 1.807) is 0 Å². The molecule has 1 rings (SSSR count). The molecular weight excluding hydrogens is 155 g/mol. The maximum atomic E-state index is 2.49. The van der Waals surface area contributed by atoms with Gasteiger partial charge in [0.05, 0.1) is 5.66 Å². The van der Waals surface area contributed by atoms with Crippen LogP contribution in [0.1, 0.15) is 32.1 Å². The van der Waals surface area contributed by atoms with Crippen LogP contribution in [0.4, 0.5) is 0 Å². The highest BCUT2D eigenvalue weighted by Crippen LogP contribution is 2.56. The quantitative estimate of drug-likeness (QED) is 0.565. The molecule has 0 amide bonds. The lowest BCUT2D eigenvalue weighted by Crippen LogP contribution is -2.15. The van der Waals surface area contributed by atoms with Crippen LogP contribution in [0.5, 0.6) is 0 Å². The first-order valence-corrected chi connectivity index (χ1v) is 7.62. The topological polar surface area (TPSA) is 30.0 Å². The molecule has 1 aliphatic carbocycles. The Kier molecular flexibility index (Phi) is 4.58. The normalized spacial score (nSPS) is 21.0. The van der Waals surface area contributed by atoms with E-state index in [4.69, 9.17) is 0 Å². The molecule has 68 valence electrons. The first-order valence-electron chi connectivity index (χ1n) is 4.42. The summed E-state index contributed by atoms with van der Waals surface area (Å²) in [7, 11) is -0.491. The Morgan fingerprint density at radius 1 is 0.909 bits per heavy atom. The summed E-state index contributed by atoms with van der Waals surface area (Å²) >= 11 is 0. The lowest BCUT2D eigenvalue weighted by atomic mass is 10.0. The van der Waals surface area contributed by atoms with Gasteiger partial charge in [-0.3, -0.25) is 0 Å². The second-order valence-electron chi connectivity index (χ2n) is 4.41. The molecule has 0 heterocycles. The minimum atomic E-state index is -0.491. The third-order valence-corrected chi connectivity index (χ3v) is 5.38. The van der Waals surface area contributed by atoms with Gasteiger partial charge in [0.25, 0.3) is 0 Å². The lowest BCUT2D eigenvalue weighted by Gasteiger charge is -2.27. The standard InChI is InChI=1S/C9H20P.H2O/c1-10(2,3)9-7-5-4-6-8-9;/h9H,4-8H2,1-3H3;1H2/q+1;/p-1. The Bertz CT molecular complexity index is 101. The molecule has 0 aliphatic heterocycles. The van der Waals surface area contributed by atoms with Crippen LogP contribution in [0.15, 0.2) is 0 Å². The number of hydrogen-bond donors (Lipinski definition) is 0. The van der Waals surface area contributed by atoms with Gasteiger partial charge in [0.15, 0.2) is 0 Å². The molecule has 0 aromatic rings. The fraction of sp³-hybridized carbons (Fsp3) is 1.00. The van der Waals surface area contributed by atoms with Gasteiger partial charge in [0.1, 0.15) is 0 Å². The first kappa shape index (κ1) is 11.4. The highest BCUT2D eigenvalue weighted by Gasteiger charge is 2.31. The number of hydrogen-bond acceptors (Lipinski definition) is 1. The van der Waals surface area contributed by atoms with Crippen LogP contribution in [-0.4, -0.2) is 31.1 Å². The summed E-state index contributed by atoms with van der Waals surface area (Å²) in [5.41, 5.74) is 1.11. The van der Waals surface area contributed by atoms with Crippen molar-refractivity contribution in [2.24, 2.45) is 0 Å². The molecule has 1 N–H and O–H groups in total. The van der Waals surface area contributed by atoms with E-state index < -0.39 is 7.26 Å². The van der Waals surface area contributed by atoms with Crippen molar-refractivity contribution < 1.29 is 5.48 Å². The Balaban J connectivity index is 0.000001000. The minimum absolute atomic E-state index is 0. The fourth-order valence-electron chi connectivity index (χ4n) is 1.86. The molecule has 2 heteroatoms. The molecule has 1 fully saturated rings. The summed E-state index contributed by atoms with van der Waals surface area (Å²) in [6, 6.07) is 0. The van der Waals surface area contributed by atoms with E-state index in [-0.39, 0.29) is 5.48 Å². The second-order valence-corrected chi connectivity index (χ2v) is 9.37. The van der Waals surface area contributed by atoms with Crippen LogP contribution in [0.2, 0.25) is 0 Å². The van der Waals surface area contributed by atoms with Gasteiger partial charge in [-0.2, -0.15) is 0 Å². The molecule has 0 atom stereocenters. The van der Waals surface area contributed by atoms with Gasteiger partial charge in [0.2, 0.25) is 0 Å². The maximum absolute atomic E-state index is 2.49. The third kappa shape index (κ3) is 3.53. The van der Waals surface area contributed by atoms with E-state index in [1.807, 2.05) is 0 Å². The van der Waals surface area contributed by atoms with Gasteiger partial charge in [-0.1, -0.05) is 6.42 Å². The summed E-state index contributed by atoms with van der Waals surface area (Å²) in [5.74, 6) is 0. The van der Waals surface area contributed by atoms with Crippen molar-refractivity contribution >= 4 is 7.26 Å². The molecule has 0 bridgehead atoms. The van der Waals surface area contributed by atoms with Gasteiger partial charge in [-0.15, -0.1) is 0 Å². The van der Waals surface area contributed by atoms with E-state index in [0.717, 1.165) is 5.66 Å². The van der Waals surface area contributed by atoms with Crippen LogP contribution in [0.3, 0.4) is 0 Å². The fourth-order valence-corrected chi connectivity index (χ4v) is 3.77. The Morgan fingerprint density at radius 2 is 1.36 bits per heavy atom. The molecule has 1 saturated carbocycles. The van der Waals surface area contributed by atoms with Crippen LogP contribution in [-0.2, 0) is 0 Å². The largest absolute Gasteiger partial charge is 0.870 e. The van der Waals surface area contributed by atoms with Crippen molar-refractivity contribution in [3.8, 4) is 0 Å². The predicted molar refractivity (Wildman–Crippen MR) is 53.5 cm³/mol. The zero-order valence-electron chi connectivity index (χ0n) is 8.01. The Hall–Kier alpha value is 0.390. The predicted octanol–water partition coefficient (Wildman–Crippen LogP) is 3.05. The molecular formula is C9H21OP. The van der Waals surface area contributed by atoms with Gasteiger partial charge < -0.3 is 5.48 Å². The summed E-state index contributed by atoms with van der Waals surface area (Å²) in [6.07, 6.45) is 7.55. The SMILES string of the molecule is C[P+](C)(C)C1CCCCC1.[OH-]. The van der Waals surface area contributed by atoms with Crippen molar-refractivity contribution in [2.45, 2.75) is 37.8 Å². The third-order valence-electron chi connectivity index (χ3n) is 2.67. The maximum Gasteiger partial charge on any atom is 0.0689 e. The van der Waals surface area contributed by atoms with E-state index in [2.05, 4.69) is 20.0 Å². The van der Waals surface area contributed by atoms with E-state index >= 15 is 0 Å². The van der Waals surface area contributed by atoms with Gasteiger partial charge in [-0.25, -0.2) is 0 Å².